The van der Waals surface area contributed by atoms with E-state index in [0.29, 0.717) is 15.7 Å². The van der Waals surface area contributed by atoms with Gasteiger partial charge in [-0.1, -0.05) is 0 Å². The fourth-order valence-corrected chi connectivity index (χ4v) is 2.42. The molecule has 2 rings (SSSR count). The molecule has 8 heteroatoms. The molecule has 1 heterocycles. The number of aromatic nitrogens is 2. The number of aliphatic hydroxyl groups is 1. The molecule has 0 saturated heterocycles. The van der Waals surface area contributed by atoms with E-state index in [-0.39, 0.29) is 12.3 Å². The molecule has 0 amide bonds. The van der Waals surface area contributed by atoms with E-state index in [0.717, 1.165) is 23.9 Å². The van der Waals surface area contributed by atoms with Crippen LogP contribution in [0.15, 0.2) is 34.4 Å². The maximum Gasteiger partial charge on any atom is 0.286 e. The molecule has 0 unspecified atom stereocenters. The van der Waals surface area contributed by atoms with Crippen molar-refractivity contribution in [3.8, 4) is 0 Å². The van der Waals surface area contributed by atoms with Gasteiger partial charge in [0.15, 0.2) is 5.16 Å². The summed E-state index contributed by atoms with van der Waals surface area (Å²) < 4.78 is 14.6. The van der Waals surface area contributed by atoms with Gasteiger partial charge in [0.1, 0.15) is 5.82 Å². The molecule has 1 aromatic heterocycles. The van der Waals surface area contributed by atoms with Crippen LogP contribution in [-0.4, -0.2) is 19.6 Å². The first-order valence-corrected chi connectivity index (χ1v) is 6.08. The minimum atomic E-state index is -0.660. The van der Waals surface area contributed by atoms with Crippen LogP contribution in [0, 0.1) is 15.9 Å². The highest BCUT2D eigenvalue weighted by molar-refractivity contribution is 7.99. The highest BCUT2D eigenvalue weighted by Gasteiger charge is 2.18. The average Bonchev–Trinajstić information content (AvgIpc) is 2.72. The third-order valence-electron chi connectivity index (χ3n) is 2.52. The monoisotopic (exact) mass is 283 g/mol. The highest BCUT2D eigenvalue weighted by atomic mass is 32.2. The first-order chi connectivity index (χ1) is 9.02. The van der Waals surface area contributed by atoms with Gasteiger partial charge in [0.2, 0.25) is 0 Å². The second-order valence-electron chi connectivity index (χ2n) is 3.72. The van der Waals surface area contributed by atoms with Gasteiger partial charge in [-0.3, -0.25) is 10.1 Å². The number of hydrogen-bond donors (Lipinski definition) is 1. The SMILES string of the molecule is Cn1c(CO)cnc1Sc1ccc(F)cc1[N+](=O)[O-]. The predicted molar refractivity (Wildman–Crippen MR) is 66.3 cm³/mol. The summed E-state index contributed by atoms with van der Waals surface area (Å²) in [6, 6.07) is 3.37. The first-order valence-electron chi connectivity index (χ1n) is 5.26. The number of nitrogens with zero attached hydrogens (tertiary/aromatic N) is 3. The number of halogens is 1. The lowest BCUT2D eigenvalue weighted by Gasteiger charge is -2.04. The Hall–Kier alpha value is -1.93. The van der Waals surface area contributed by atoms with Crippen molar-refractivity contribution in [2.75, 3.05) is 0 Å². The van der Waals surface area contributed by atoms with Gasteiger partial charge in [-0.05, 0) is 23.9 Å². The average molecular weight is 283 g/mol. The maximum atomic E-state index is 13.0. The van der Waals surface area contributed by atoms with E-state index >= 15 is 0 Å². The zero-order chi connectivity index (χ0) is 14.0. The molecule has 100 valence electrons. The van der Waals surface area contributed by atoms with Gasteiger partial charge >= 0.3 is 0 Å². The summed E-state index contributed by atoms with van der Waals surface area (Å²) in [6.07, 6.45) is 1.48. The van der Waals surface area contributed by atoms with Crippen molar-refractivity contribution < 1.29 is 14.4 Å². The Kier molecular flexibility index (Phi) is 3.82. The Balaban J connectivity index is 2.37. The van der Waals surface area contributed by atoms with Gasteiger partial charge in [-0.25, -0.2) is 9.37 Å². The zero-order valence-corrected chi connectivity index (χ0v) is 10.7. The fourth-order valence-electron chi connectivity index (χ4n) is 1.49. The van der Waals surface area contributed by atoms with Crippen LogP contribution in [0.4, 0.5) is 10.1 Å². The number of nitro groups is 1. The molecule has 0 saturated carbocycles. The van der Waals surface area contributed by atoms with Crippen molar-refractivity contribution in [3.63, 3.8) is 0 Å². The quantitative estimate of drug-likeness (QED) is 0.686. The Morgan fingerprint density at radius 2 is 2.32 bits per heavy atom. The minimum absolute atomic E-state index is 0.171. The Morgan fingerprint density at radius 1 is 1.58 bits per heavy atom. The molecule has 0 aliphatic heterocycles. The molecule has 0 atom stereocenters. The molecule has 19 heavy (non-hydrogen) atoms. The minimum Gasteiger partial charge on any atom is -0.390 e. The predicted octanol–water partition coefficient (Wildman–Crippen LogP) is 2.11. The highest BCUT2D eigenvalue weighted by Crippen LogP contribution is 2.34. The van der Waals surface area contributed by atoms with Gasteiger partial charge in [0.25, 0.3) is 5.69 Å². The molecule has 0 spiro atoms. The van der Waals surface area contributed by atoms with Crippen LogP contribution < -0.4 is 0 Å². The van der Waals surface area contributed by atoms with Crippen LogP contribution in [0.3, 0.4) is 0 Å². The van der Waals surface area contributed by atoms with E-state index in [2.05, 4.69) is 4.98 Å². The standard InChI is InChI=1S/C11H10FN3O3S/c1-14-8(6-16)5-13-11(14)19-10-3-2-7(12)4-9(10)15(17)18/h2-5,16H,6H2,1H3. The lowest BCUT2D eigenvalue weighted by atomic mass is 10.3. The van der Waals surface area contributed by atoms with Crippen molar-refractivity contribution in [2.45, 2.75) is 16.7 Å². The zero-order valence-electron chi connectivity index (χ0n) is 9.91. The molecule has 1 N–H and O–H groups in total. The first kappa shape index (κ1) is 13.5. The number of hydrogen-bond acceptors (Lipinski definition) is 5. The molecular weight excluding hydrogens is 273 g/mol. The Labute approximate surface area is 112 Å². The van der Waals surface area contributed by atoms with Crippen LogP contribution in [-0.2, 0) is 13.7 Å². The van der Waals surface area contributed by atoms with E-state index in [1.165, 1.54) is 12.3 Å². The molecule has 0 bridgehead atoms. The van der Waals surface area contributed by atoms with Crippen molar-refractivity contribution >= 4 is 17.4 Å². The van der Waals surface area contributed by atoms with E-state index in [9.17, 15) is 14.5 Å². The van der Waals surface area contributed by atoms with Crippen molar-refractivity contribution in [2.24, 2.45) is 7.05 Å². The third-order valence-corrected chi connectivity index (χ3v) is 3.65. The summed E-state index contributed by atoms with van der Waals surface area (Å²) in [6.45, 7) is -0.171. The number of aliphatic hydroxyl groups excluding tert-OH is 1. The van der Waals surface area contributed by atoms with Crippen molar-refractivity contribution in [1.82, 2.24) is 9.55 Å². The Morgan fingerprint density at radius 3 is 2.89 bits per heavy atom. The Bertz CT molecular complexity index is 630. The van der Waals surface area contributed by atoms with Crippen LogP contribution in [0.5, 0.6) is 0 Å². The number of rotatable bonds is 4. The number of benzene rings is 1. The van der Waals surface area contributed by atoms with E-state index in [1.54, 1.807) is 11.6 Å². The molecule has 0 radical (unpaired) electrons. The normalized spacial score (nSPS) is 10.7. The smallest absolute Gasteiger partial charge is 0.286 e. The van der Waals surface area contributed by atoms with Gasteiger partial charge in [-0.15, -0.1) is 0 Å². The van der Waals surface area contributed by atoms with Crippen LogP contribution in [0.25, 0.3) is 0 Å². The molecule has 1 aromatic carbocycles. The summed E-state index contributed by atoms with van der Waals surface area (Å²) in [5, 5.41) is 20.4. The van der Waals surface area contributed by atoms with Gasteiger partial charge in [-0.2, -0.15) is 0 Å². The fraction of sp³-hybridized carbons (Fsp3) is 0.182. The van der Waals surface area contributed by atoms with Gasteiger partial charge in [0.05, 0.1) is 34.4 Å². The lowest BCUT2D eigenvalue weighted by molar-refractivity contribution is -0.387. The van der Waals surface area contributed by atoms with Gasteiger partial charge in [0, 0.05) is 7.05 Å². The number of imidazole rings is 1. The van der Waals surface area contributed by atoms with Crippen LogP contribution >= 0.6 is 11.8 Å². The summed E-state index contributed by atoms with van der Waals surface area (Å²) in [5.74, 6) is -0.660. The maximum absolute atomic E-state index is 13.0. The number of nitro benzene ring substituents is 1. The van der Waals surface area contributed by atoms with Gasteiger partial charge < -0.3 is 9.67 Å². The third kappa shape index (κ3) is 2.74. The molecule has 2 aromatic rings. The summed E-state index contributed by atoms with van der Waals surface area (Å²) >= 11 is 1.05. The van der Waals surface area contributed by atoms with Crippen LogP contribution in [0.1, 0.15) is 5.69 Å². The largest absolute Gasteiger partial charge is 0.390 e. The molecule has 0 aliphatic rings. The summed E-state index contributed by atoms with van der Waals surface area (Å²) in [5.41, 5.74) is 0.283. The molecule has 0 aliphatic carbocycles. The summed E-state index contributed by atoms with van der Waals surface area (Å²) in [4.78, 5) is 14.6. The van der Waals surface area contributed by atoms with E-state index in [1.807, 2.05) is 0 Å². The summed E-state index contributed by atoms with van der Waals surface area (Å²) in [7, 11) is 1.69. The topological polar surface area (TPSA) is 81.2 Å². The second kappa shape index (κ2) is 5.37. The van der Waals surface area contributed by atoms with Crippen molar-refractivity contribution in [1.29, 1.82) is 0 Å². The van der Waals surface area contributed by atoms with Crippen molar-refractivity contribution in [3.05, 3.63) is 46.0 Å². The molecule has 0 fully saturated rings. The van der Waals surface area contributed by atoms with Crippen LogP contribution in [0.2, 0.25) is 0 Å². The molecule has 6 nitrogen and oxygen atoms in total. The van der Waals surface area contributed by atoms with E-state index in [4.69, 9.17) is 5.11 Å². The van der Waals surface area contributed by atoms with E-state index < -0.39 is 10.7 Å². The lowest BCUT2D eigenvalue weighted by Crippen LogP contribution is -1.98. The molecular formula is C11H10FN3O3S. The second-order valence-corrected chi connectivity index (χ2v) is 4.73.